The third kappa shape index (κ3) is 3.10. The summed E-state index contributed by atoms with van der Waals surface area (Å²) >= 11 is 0. The SMILES string of the molecule is O=CCCC=Cc1cccnc1. The third-order valence-electron chi connectivity index (χ3n) is 1.45. The minimum atomic E-state index is 0.594. The van der Waals surface area contributed by atoms with Gasteiger partial charge in [0.15, 0.2) is 0 Å². The first-order valence-electron chi connectivity index (χ1n) is 3.93. The molecule has 0 saturated heterocycles. The second-order valence-electron chi connectivity index (χ2n) is 2.43. The molecule has 12 heavy (non-hydrogen) atoms. The maximum absolute atomic E-state index is 9.97. The first kappa shape index (κ1) is 8.65. The highest BCUT2D eigenvalue weighted by molar-refractivity contribution is 5.51. The van der Waals surface area contributed by atoms with E-state index >= 15 is 0 Å². The monoisotopic (exact) mass is 161 g/mol. The highest BCUT2D eigenvalue weighted by Gasteiger charge is 1.82. The van der Waals surface area contributed by atoms with E-state index in [1.807, 2.05) is 24.3 Å². The average molecular weight is 161 g/mol. The van der Waals surface area contributed by atoms with E-state index in [0.717, 1.165) is 18.3 Å². The molecule has 0 atom stereocenters. The Morgan fingerprint density at radius 3 is 3.00 bits per heavy atom. The summed E-state index contributed by atoms with van der Waals surface area (Å²) < 4.78 is 0. The van der Waals surface area contributed by atoms with Gasteiger partial charge in [0, 0.05) is 18.8 Å². The molecule has 1 aromatic heterocycles. The summed E-state index contributed by atoms with van der Waals surface area (Å²) in [5.41, 5.74) is 1.07. The Kier molecular flexibility index (Phi) is 3.78. The molecule has 0 saturated carbocycles. The van der Waals surface area contributed by atoms with E-state index in [4.69, 9.17) is 0 Å². The predicted octanol–water partition coefficient (Wildman–Crippen LogP) is 2.07. The van der Waals surface area contributed by atoms with Gasteiger partial charge >= 0.3 is 0 Å². The molecule has 2 heteroatoms. The van der Waals surface area contributed by atoms with Crippen LogP contribution in [0.25, 0.3) is 6.08 Å². The molecule has 0 fully saturated rings. The maximum atomic E-state index is 9.97. The number of hydrogen-bond acceptors (Lipinski definition) is 2. The largest absolute Gasteiger partial charge is 0.303 e. The van der Waals surface area contributed by atoms with Crippen LogP contribution in [0.1, 0.15) is 18.4 Å². The number of unbranched alkanes of at least 4 members (excludes halogenated alkanes) is 1. The standard InChI is InChI=1S/C10H11NO/c12-8-3-1-2-5-10-6-4-7-11-9-10/h2,4-9H,1,3H2. The summed E-state index contributed by atoms with van der Waals surface area (Å²) in [7, 11) is 0. The van der Waals surface area contributed by atoms with Gasteiger partial charge in [0.1, 0.15) is 6.29 Å². The zero-order valence-corrected chi connectivity index (χ0v) is 6.81. The fourth-order valence-electron chi connectivity index (χ4n) is 0.858. The van der Waals surface area contributed by atoms with Crippen molar-refractivity contribution in [3.8, 4) is 0 Å². The minimum Gasteiger partial charge on any atom is -0.303 e. The van der Waals surface area contributed by atoms with Crippen molar-refractivity contribution >= 4 is 12.4 Å². The van der Waals surface area contributed by atoms with Crippen molar-refractivity contribution in [2.75, 3.05) is 0 Å². The van der Waals surface area contributed by atoms with Crippen LogP contribution in [0.4, 0.5) is 0 Å². The van der Waals surface area contributed by atoms with Gasteiger partial charge in [0.2, 0.25) is 0 Å². The van der Waals surface area contributed by atoms with E-state index < -0.39 is 0 Å². The van der Waals surface area contributed by atoms with Crippen molar-refractivity contribution in [3.05, 3.63) is 36.2 Å². The Morgan fingerprint density at radius 2 is 2.33 bits per heavy atom. The summed E-state index contributed by atoms with van der Waals surface area (Å²) in [5.74, 6) is 0. The van der Waals surface area contributed by atoms with Crippen molar-refractivity contribution in [3.63, 3.8) is 0 Å². The van der Waals surface area contributed by atoms with Crippen LogP contribution in [0.3, 0.4) is 0 Å². The zero-order valence-electron chi connectivity index (χ0n) is 6.81. The van der Waals surface area contributed by atoms with Crippen LogP contribution in [0.5, 0.6) is 0 Å². The number of aromatic nitrogens is 1. The van der Waals surface area contributed by atoms with Crippen LogP contribution < -0.4 is 0 Å². The van der Waals surface area contributed by atoms with Gasteiger partial charge in [-0.15, -0.1) is 0 Å². The van der Waals surface area contributed by atoms with E-state index in [2.05, 4.69) is 4.98 Å². The Morgan fingerprint density at radius 1 is 1.42 bits per heavy atom. The van der Waals surface area contributed by atoms with Gasteiger partial charge in [0.25, 0.3) is 0 Å². The second-order valence-corrected chi connectivity index (χ2v) is 2.43. The molecule has 2 nitrogen and oxygen atoms in total. The molecule has 1 rings (SSSR count). The quantitative estimate of drug-likeness (QED) is 0.500. The molecule has 0 N–H and O–H groups in total. The van der Waals surface area contributed by atoms with Gasteiger partial charge in [0.05, 0.1) is 0 Å². The van der Waals surface area contributed by atoms with E-state index in [1.54, 1.807) is 12.4 Å². The van der Waals surface area contributed by atoms with Crippen LogP contribution in [0.2, 0.25) is 0 Å². The zero-order chi connectivity index (χ0) is 8.65. The second kappa shape index (κ2) is 5.24. The van der Waals surface area contributed by atoms with Gasteiger partial charge in [-0.25, -0.2) is 0 Å². The summed E-state index contributed by atoms with van der Waals surface area (Å²) in [4.78, 5) is 13.9. The van der Waals surface area contributed by atoms with Crippen LogP contribution >= 0.6 is 0 Å². The normalized spacial score (nSPS) is 10.3. The first-order valence-corrected chi connectivity index (χ1v) is 3.93. The number of nitrogens with zero attached hydrogens (tertiary/aromatic N) is 1. The molecule has 0 aliphatic rings. The molecule has 0 aromatic carbocycles. The lowest BCUT2D eigenvalue weighted by molar-refractivity contribution is -0.107. The van der Waals surface area contributed by atoms with Crippen LogP contribution in [-0.2, 0) is 4.79 Å². The lowest BCUT2D eigenvalue weighted by Crippen LogP contribution is -1.74. The predicted molar refractivity (Wildman–Crippen MR) is 48.6 cm³/mol. The van der Waals surface area contributed by atoms with Crippen LogP contribution in [0.15, 0.2) is 30.6 Å². The summed E-state index contributed by atoms with van der Waals surface area (Å²) in [5, 5.41) is 0. The van der Waals surface area contributed by atoms with Crippen molar-refractivity contribution in [2.24, 2.45) is 0 Å². The summed E-state index contributed by atoms with van der Waals surface area (Å²) in [6, 6.07) is 3.86. The summed E-state index contributed by atoms with van der Waals surface area (Å²) in [6.45, 7) is 0. The van der Waals surface area contributed by atoms with Gasteiger partial charge in [-0.2, -0.15) is 0 Å². The molecular weight excluding hydrogens is 150 g/mol. The van der Waals surface area contributed by atoms with Crippen LogP contribution in [0, 0.1) is 0 Å². The van der Waals surface area contributed by atoms with E-state index in [-0.39, 0.29) is 0 Å². The Bertz CT molecular complexity index is 254. The van der Waals surface area contributed by atoms with Gasteiger partial charge in [-0.05, 0) is 18.1 Å². The molecule has 1 heterocycles. The van der Waals surface area contributed by atoms with Crippen molar-refractivity contribution < 1.29 is 4.79 Å². The molecule has 0 bridgehead atoms. The average Bonchev–Trinajstić information content (AvgIpc) is 2.14. The highest BCUT2D eigenvalue weighted by Crippen LogP contribution is 2.00. The fourth-order valence-corrected chi connectivity index (χ4v) is 0.858. The molecule has 0 unspecified atom stereocenters. The Balaban J connectivity index is 2.41. The van der Waals surface area contributed by atoms with E-state index in [1.165, 1.54) is 0 Å². The Hall–Kier alpha value is -1.44. The van der Waals surface area contributed by atoms with Crippen molar-refractivity contribution in [2.45, 2.75) is 12.8 Å². The third-order valence-corrected chi connectivity index (χ3v) is 1.45. The number of carbonyl (C=O) groups is 1. The molecule has 0 aliphatic heterocycles. The smallest absolute Gasteiger partial charge is 0.120 e. The lowest BCUT2D eigenvalue weighted by Gasteiger charge is -1.88. The number of allylic oxidation sites excluding steroid dienone is 1. The molecule has 1 aromatic rings. The maximum Gasteiger partial charge on any atom is 0.120 e. The topological polar surface area (TPSA) is 30.0 Å². The molecule has 0 radical (unpaired) electrons. The Labute approximate surface area is 71.9 Å². The van der Waals surface area contributed by atoms with Gasteiger partial charge < -0.3 is 4.79 Å². The van der Waals surface area contributed by atoms with E-state index in [0.29, 0.717) is 6.42 Å². The fraction of sp³-hybridized carbons (Fsp3) is 0.200. The number of rotatable bonds is 4. The first-order chi connectivity index (χ1) is 5.93. The molecule has 0 amide bonds. The van der Waals surface area contributed by atoms with Crippen molar-refractivity contribution in [1.82, 2.24) is 4.98 Å². The molecule has 0 spiro atoms. The van der Waals surface area contributed by atoms with Crippen LogP contribution in [-0.4, -0.2) is 11.3 Å². The minimum absolute atomic E-state index is 0.594. The number of carbonyl (C=O) groups excluding carboxylic acids is 1. The molecular formula is C10H11NO. The highest BCUT2D eigenvalue weighted by atomic mass is 16.1. The molecule has 0 aliphatic carbocycles. The van der Waals surface area contributed by atoms with E-state index in [9.17, 15) is 4.79 Å². The molecule has 62 valence electrons. The number of hydrogen-bond donors (Lipinski definition) is 0. The lowest BCUT2D eigenvalue weighted by atomic mass is 10.2. The van der Waals surface area contributed by atoms with Gasteiger partial charge in [-0.1, -0.05) is 18.2 Å². The van der Waals surface area contributed by atoms with Gasteiger partial charge in [-0.3, -0.25) is 4.98 Å². The number of aldehydes is 1. The number of pyridine rings is 1. The summed E-state index contributed by atoms with van der Waals surface area (Å²) in [6.07, 6.45) is 9.80. The van der Waals surface area contributed by atoms with Crippen molar-refractivity contribution in [1.29, 1.82) is 0 Å².